The molecule has 4 aliphatic heterocycles. The zero-order valence-corrected chi connectivity index (χ0v) is 44.4. The van der Waals surface area contributed by atoms with Crippen LogP contribution in [0.4, 0.5) is 0 Å². The number of aliphatic hydroxyl groups excluding tert-OH is 13. The molecular formula is C53H82O24. The minimum absolute atomic E-state index is 0.146. The van der Waals surface area contributed by atoms with Crippen LogP contribution in [0.15, 0.2) is 23.3 Å². The van der Waals surface area contributed by atoms with E-state index in [0.717, 1.165) is 11.1 Å². The molecule has 14 N–H and O–H groups in total. The predicted octanol–water partition coefficient (Wildman–Crippen LogP) is -2.41. The first kappa shape index (κ1) is 59.2. The van der Waals surface area contributed by atoms with E-state index in [4.69, 9.17) is 37.9 Å². The summed E-state index contributed by atoms with van der Waals surface area (Å²) < 4.78 is 46.9. The number of rotatable bonds is 12. The fraction of sp³-hybridized carbons (Fsp3) is 0.887. The van der Waals surface area contributed by atoms with Crippen molar-refractivity contribution >= 4 is 11.9 Å². The van der Waals surface area contributed by atoms with Gasteiger partial charge in [0.25, 0.3) is 0 Å². The van der Waals surface area contributed by atoms with E-state index < -0.39 is 188 Å². The van der Waals surface area contributed by atoms with Crippen LogP contribution < -0.4 is 0 Å². The Morgan fingerprint density at radius 3 is 1.86 bits per heavy atom. The highest BCUT2D eigenvalue weighted by atomic mass is 16.8. The Balaban J connectivity index is 1.02. The highest BCUT2D eigenvalue weighted by molar-refractivity contribution is 5.82. The first-order valence-corrected chi connectivity index (χ1v) is 27.1. The monoisotopic (exact) mass is 1100 g/mol. The van der Waals surface area contributed by atoms with Crippen LogP contribution in [0.3, 0.4) is 0 Å². The van der Waals surface area contributed by atoms with E-state index in [-0.39, 0.29) is 17.9 Å². The van der Waals surface area contributed by atoms with E-state index in [1.54, 1.807) is 6.92 Å². The number of esters is 1. The minimum Gasteiger partial charge on any atom is -0.481 e. The molecule has 9 aliphatic rings. The molecule has 5 aliphatic carbocycles. The average molecular weight is 1100 g/mol. The molecule has 4 heterocycles. The van der Waals surface area contributed by atoms with Gasteiger partial charge in [-0.3, -0.25) is 9.59 Å². The van der Waals surface area contributed by atoms with Gasteiger partial charge in [-0.1, -0.05) is 46.8 Å². The van der Waals surface area contributed by atoms with Gasteiger partial charge in [0, 0.05) is 0 Å². The molecule has 438 valence electrons. The van der Waals surface area contributed by atoms with Gasteiger partial charge in [0.15, 0.2) is 18.9 Å². The van der Waals surface area contributed by atoms with Gasteiger partial charge in [0.05, 0.1) is 43.4 Å². The summed E-state index contributed by atoms with van der Waals surface area (Å²) in [7, 11) is 0. The van der Waals surface area contributed by atoms with Gasteiger partial charge >= 0.3 is 11.9 Å². The lowest BCUT2D eigenvalue weighted by Gasteiger charge is -2.69. The molecule has 0 aromatic heterocycles. The number of fused-ring (bicyclic) bond motifs is 6. The molecule has 24 nitrogen and oxygen atoms in total. The van der Waals surface area contributed by atoms with Crippen molar-refractivity contribution in [2.75, 3.05) is 26.4 Å². The van der Waals surface area contributed by atoms with Gasteiger partial charge in [-0.25, -0.2) is 0 Å². The van der Waals surface area contributed by atoms with Gasteiger partial charge < -0.3 is 109 Å². The van der Waals surface area contributed by atoms with Crippen molar-refractivity contribution in [1.82, 2.24) is 0 Å². The maximum atomic E-state index is 15.4. The van der Waals surface area contributed by atoms with Crippen LogP contribution in [0.5, 0.6) is 0 Å². The zero-order valence-electron chi connectivity index (χ0n) is 44.4. The standard InChI is InChI=1S/C53H82O24/c1-48(2)13-15-53(47(69)77-45-40(66)41(76-44-39(65)36(62)33(59)26(19-55)73-44)34(60)27(74-45)21-71-42-38(64)35(61)32(58)25(18-54)72-42)16-14-50(4)22(23(53)17-48)7-8-28-49(3)11-10-30(75-43-37(63)31(57)24(56)20-70-43)52(6,46(67)68)29(49)9-12-51(28,50)5/h7-8,24-45,54-66H,9-21H2,1-6H3,(H,67,68)/t24-,25-,26-,27-,28-,29?,30+,31+,32-,33-,34-,35+,36+,37-,38-,39-,40-,41+,42-,43+,44+,45+,49-,50-,51-,52+,53+/m1/s1. The van der Waals surface area contributed by atoms with Crippen LogP contribution >= 0.6 is 0 Å². The number of carbonyl (C=O) groups excluding carboxylic acids is 1. The molecule has 0 amide bonds. The Morgan fingerprint density at radius 1 is 0.623 bits per heavy atom. The maximum absolute atomic E-state index is 15.4. The van der Waals surface area contributed by atoms with Crippen molar-refractivity contribution in [1.29, 1.82) is 0 Å². The van der Waals surface area contributed by atoms with Crippen molar-refractivity contribution in [3.8, 4) is 0 Å². The number of hydrogen-bond donors (Lipinski definition) is 14. The Hall–Kier alpha value is -2.38. The summed E-state index contributed by atoms with van der Waals surface area (Å²) in [6.07, 6.45) is -25.1. The molecule has 0 aromatic carbocycles. The Labute approximate surface area is 446 Å². The van der Waals surface area contributed by atoms with E-state index in [0.29, 0.717) is 57.8 Å². The molecular weight excluding hydrogens is 1020 g/mol. The molecule has 27 atom stereocenters. The van der Waals surface area contributed by atoms with Crippen LogP contribution in [-0.4, -0.2) is 233 Å². The lowest BCUT2D eigenvalue weighted by Crippen LogP contribution is -2.66. The Kier molecular flexibility index (Phi) is 16.5. The van der Waals surface area contributed by atoms with Crippen LogP contribution in [0, 0.1) is 44.3 Å². The predicted molar refractivity (Wildman–Crippen MR) is 259 cm³/mol. The summed E-state index contributed by atoms with van der Waals surface area (Å²) in [5.74, 6) is -2.37. The second kappa shape index (κ2) is 21.4. The van der Waals surface area contributed by atoms with Crippen molar-refractivity contribution in [2.24, 2.45) is 44.3 Å². The van der Waals surface area contributed by atoms with Gasteiger partial charge in [-0.15, -0.1) is 0 Å². The number of aliphatic hydroxyl groups is 13. The highest BCUT2D eigenvalue weighted by Gasteiger charge is 2.70. The number of ether oxygens (including phenoxy) is 8. The van der Waals surface area contributed by atoms with Crippen molar-refractivity contribution in [2.45, 2.75) is 222 Å². The maximum Gasteiger partial charge on any atom is 0.318 e. The largest absolute Gasteiger partial charge is 0.481 e. The first-order chi connectivity index (χ1) is 36.0. The number of carbonyl (C=O) groups is 2. The van der Waals surface area contributed by atoms with Crippen molar-refractivity contribution in [3.05, 3.63) is 23.3 Å². The number of aliphatic carboxylic acids is 1. The zero-order chi connectivity index (χ0) is 56.3. The fourth-order valence-corrected chi connectivity index (χ4v) is 15.4. The molecule has 1 unspecified atom stereocenters. The molecule has 24 heteroatoms. The SMILES string of the molecule is CC1(C)CC[C@]2(C(=O)O[C@@H]3O[C@H](CO[C@@H]4O[C@H](CO)[C@@H](O)[C@H](O)[C@H]4O)[C@@H](O)[C@H](O[C@@H]4O[C@H](CO)[C@@H](O)[C@H](O)[C@H]4O)[C@H]3O)CC[C@]3(C)C(=C2C1)C=C[C@@H]1[C@@]2(C)CC[C@H](O[C@@H]4OC[C@@H](O)[C@H](O)[C@H]4O)[C@@](C)(C(=O)O)C2CC[C@]13C. The van der Waals surface area contributed by atoms with Crippen molar-refractivity contribution < 1.29 is 119 Å². The second-order valence-electron chi connectivity index (χ2n) is 25.3. The minimum atomic E-state index is -2.03. The molecule has 0 aromatic rings. The smallest absolute Gasteiger partial charge is 0.318 e. The molecule has 9 rings (SSSR count). The molecule has 0 bridgehead atoms. The number of allylic oxidation sites excluding steroid dienone is 3. The van der Waals surface area contributed by atoms with Gasteiger partial charge in [-0.2, -0.15) is 0 Å². The summed E-state index contributed by atoms with van der Waals surface area (Å²) in [6, 6.07) is 0. The average Bonchev–Trinajstić information content (AvgIpc) is 3.45. The van der Waals surface area contributed by atoms with Gasteiger partial charge in [-0.05, 0) is 109 Å². The summed E-state index contributed by atoms with van der Waals surface area (Å²) in [5, 5.41) is 149. The number of carboxylic acid groups (broad SMARTS) is 1. The summed E-state index contributed by atoms with van der Waals surface area (Å²) in [6.45, 7) is 9.93. The van der Waals surface area contributed by atoms with Crippen LogP contribution in [-0.2, 0) is 47.5 Å². The highest BCUT2D eigenvalue weighted by Crippen LogP contribution is 2.74. The van der Waals surface area contributed by atoms with Crippen LogP contribution in [0.25, 0.3) is 0 Å². The molecule has 4 saturated heterocycles. The van der Waals surface area contributed by atoms with E-state index in [1.807, 2.05) is 0 Å². The summed E-state index contributed by atoms with van der Waals surface area (Å²) in [4.78, 5) is 29.0. The van der Waals surface area contributed by atoms with Gasteiger partial charge in [0.2, 0.25) is 6.29 Å². The second-order valence-corrected chi connectivity index (χ2v) is 25.3. The quantitative estimate of drug-likeness (QED) is 0.0715. The molecule has 77 heavy (non-hydrogen) atoms. The van der Waals surface area contributed by atoms with E-state index >= 15 is 4.79 Å². The lowest BCUT2D eigenvalue weighted by molar-refractivity contribution is -0.363. The first-order valence-electron chi connectivity index (χ1n) is 27.1. The van der Waals surface area contributed by atoms with E-state index in [1.165, 1.54) is 0 Å². The van der Waals surface area contributed by atoms with Gasteiger partial charge in [0.1, 0.15) is 91.6 Å². The molecule has 7 fully saturated rings. The summed E-state index contributed by atoms with van der Waals surface area (Å²) >= 11 is 0. The molecule has 0 radical (unpaired) electrons. The van der Waals surface area contributed by atoms with Crippen LogP contribution in [0.1, 0.15) is 99.3 Å². The molecule has 3 saturated carbocycles. The van der Waals surface area contributed by atoms with Crippen molar-refractivity contribution in [3.63, 3.8) is 0 Å². The number of carboxylic acids is 1. The van der Waals surface area contributed by atoms with Crippen LogP contribution in [0.2, 0.25) is 0 Å². The summed E-state index contributed by atoms with van der Waals surface area (Å²) in [5.41, 5.74) is -2.78. The fourth-order valence-electron chi connectivity index (χ4n) is 15.4. The normalized spacial score (nSPS) is 52.6. The lowest BCUT2D eigenvalue weighted by atomic mass is 9.35. The molecule has 0 spiro atoms. The third-order valence-electron chi connectivity index (χ3n) is 20.5. The van der Waals surface area contributed by atoms with E-state index in [9.17, 15) is 76.3 Å². The Morgan fingerprint density at radius 2 is 1.22 bits per heavy atom. The topological polar surface area (TPSA) is 391 Å². The third-order valence-corrected chi connectivity index (χ3v) is 20.5. The third kappa shape index (κ3) is 9.57. The van der Waals surface area contributed by atoms with E-state index in [2.05, 4.69) is 46.8 Å². The number of hydrogen-bond acceptors (Lipinski definition) is 23. The Bertz CT molecular complexity index is 2230.